The molecule has 0 aromatic rings. The minimum atomic E-state index is -0.693. The number of amides is 1. The molecule has 1 aliphatic carbocycles. The largest absolute Gasteiger partial charge is 0.394 e. The third kappa shape index (κ3) is 3.38. The van der Waals surface area contributed by atoms with Gasteiger partial charge in [-0.2, -0.15) is 0 Å². The molecule has 0 radical (unpaired) electrons. The number of hydrogen-bond acceptors (Lipinski definition) is 4. The van der Waals surface area contributed by atoms with E-state index in [1.54, 1.807) is 4.90 Å². The lowest BCUT2D eigenvalue weighted by atomic mass is 9.72. The monoisotopic (exact) mass is 314 g/mol. The van der Waals surface area contributed by atoms with E-state index in [9.17, 15) is 9.90 Å². The van der Waals surface area contributed by atoms with Gasteiger partial charge in [-0.15, -0.1) is 0 Å². The third-order valence-electron chi connectivity index (χ3n) is 4.56. The van der Waals surface area contributed by atoms with Gasteiger partial charge >= 0.3 is 0 Å². The Morgan fingerprint density at radius 1 is 1.38 bits per heavy atom. The van der Waals surface area contributed by atoms with Crippen LogP contribution >= 0.6 is 12.2 Å². The number of thiocarbonyl (C=S) groups is 1. The molecule has 6 heteroatoms. The molecule has 120 valence electrons. The van der Waals surface area contributed by atoms with Crippen LogP contribution in [0.2, 0.25) is 0 Å². The van der Waals surface area contributed by atoms with Gasteiger partial charge in [-0.05, 0) is 26.7 Å². The van der Waals surface area contributed by atoms with E-state index in [2.05, 4.69) is 0 Å². The topological polar surface area (TPSA) is 75.8 Å². The Hall–Kier alpha value is -0.720. The Morgan fingerprint density at radius 3 is 2.52 bits per heavy atom. The van der Waals surface area contributed by atoms with E-state index in [0.29, 0.717) is 18.1 Å². The van der Waals surface area contributed by atoms with Crippen molar-refractivity contribution in [3.63, 3.8) is 0 Å². The van der Waals surface area contributed by atoms with Gasteiger partial charge in [0.25, 0.3) is 0 Å². The molecule has 1 saturated heterocycles. The predicted molar refractivity (Wildman–Crippen MR) is 84.9 cm³/mol. The highest BCUT2D eigenvalue weighted by Gasteiger charge is 2.47. The summed E-state index contributed by atoms with van der Waals surface area (Å²) >= 11 is 5.24. The van der Waals surface area contributed by atoms with E-state index < -0.39 is 11.0 Å². The number of carbonyl (C=O) groups is 1. The molecule has 1 saturated carbocycles. The SMILES string of the molecule is CC1(C)CN(C(=O)C2(C(N)=S)CCCCC2)CC(CO)O1. The van der Waals surface area contributed by atoms with Crippen molar-refractivity contribution in [2.45, 2.75) is 57.7 Å². The molecule has 1 atom stereocenters. The highest BCUT2D eigenvalue weighted by Crippen LogP contribution is 2.39. The number of hydrogen-bond donors (Lipinski definition) is 2. The van der Waals surface area contributed by atoms with E-state index in [0.717, 1.165) is 32.1 Å². The number of aliphatic hydroxyl groups excluding tert-OH is 1. The minimum Gasteiger partial charge on any atom is -0.394 e. The molecule has 0 bridgehead atoms. The maximum atomic E-state index is 13.1. The average Bonchev–Trinajstić information content (AvgIpc) is 2.45. The first-order valence-electron chi connectivity index (χ1n) is 7.69. The van der Waals surface area contributed by atoms with Gasteiger partial charge in [0.05, 0.1) is 28.7 Å². The summed E-state index contributed by atoms with van der Waals surface area (Å²) in [4.78, 5) is 15.2. The van der Waals surface area contributed by atoms with Crippen molar-refractivity contribution in [3.8, 4) is 0 Å². The molecule has 0 aromatic heterocycles. The Morgan fingerprint density at radius 2 is 2.00 bits per heavy atom. The van der Waals surface area contributed by atoms with E-state index >= 15 is 0 Å². The summed E-state index contributed by atoms with van der Waals surface area (Å²) in [7, 11) is 0. The molecule has 2 rings (SSSR count). The lowest BCUT2D eigenvalue weighted by Gasteiger charge is -2.46. The number of aliphatic hydroxyl groups is 1. The van der Waals surface area contributed by atoms with Crippen molar-refractivity contribution in [2.24, 2.45) is 11.1 Å². The summed E-state index contributed by atoms with van der Waals surface area (Å²) < 4.78 is 5.78. The highest BCUT2D eigenvalue weighted by atomic mass is 32.1. The van der Waals surface area contributed by atoms with Crippen LogP contribution in [0, 0.1) is 5.41 Å². The van der Waals surface area contributed by atoms with Gasteiger partial charge in [-0.1, -0.05) is 31.5 Å². The van der Waals surface area contributed by atoms with Crippen LogP contribution in [0.1, 0.15) is 46.0 Å². The molecule has 1 amide bonds. The molecule has 1 heterocycles. The first-order chi connectivity index (χ1) is 9.81. The number of carbonyl (C=O) groups excluding carboxylic acids is 1. The minimum absolute atomic E-state index is 0.0181. The van der Waals surface area contributed by atoms with Gasteiger partial charge in [0.2, 0.25) is 5.91 Å². The third-order valence-corrected chi connectivity index (χ3v) is 4.95. The Kier molecular flexibility index (Phi) is 4.90. The highest BCUT2D eigenvalue weighted by molar-refractivity contribution is 7.80. The summed E-state index contributed by atoms with van der Waals surface area (Å²) in [6.07, 6.45) is 4.24. The second kappa shape index (κ2) is 6.18. The smallest absolute Gasteiger partial charge is 0.235 e. The first-order valence-corrected chi connectivity index (χ1v) is 8.09. The van der Waals surface area contributed by atoms with Crippen molar-refractivity contribution < 1.29 is 14.6 Å². The van der Waals surface area contributed by atoms with Gasteiger partial charge in [0.15, 0.2) is 0 Å². The summed E-state index contributed by atoms with van der Waals surface area (Å²) in [6.45, 7) is 4.69. The molecular formula is C15H26N2O3S. The van der Waals surface area contributed by atoms with Crippen molar-refractivity contribution in [2.75, 3.05) is 19.7 Å². The fraction of sp³-hybridized carbons (Fsp3) is 0.867. The second-order valence-corrected chi connectivity index (χ2v) is 7.31. The molecule has 21 heavy (non-hydrogen) atoms. The van der Waals surface area contributed by atoms with Crippen molar-refractivity contribution in [3.05, 3.63) is 0 Å². The zero-order valence-electron chi connectivity index (χ0n) is 12.9. The zero-order chi connectivity index (χ0) is 15.7. The Bertz CT molecular complexity index is 419. The Balaban J connectivity index is 2.22. The summed E-state index contributed by atoms with van der Waals surface area (Å²) in [5.41, 5.74) is 4.79. The van der Waals surface area contributed by atoms with E-state index in [4.69, 9.17) is 22.7 Å². The molecule has 5 nitrogen and oxygen atoms in total. The normalized spacial score (nSPS) is 28.1. The van der Waals surface area contributed by atoms with Gasteiger partial charge < -0.3 is 20.5 Å². The van der Waals surface area contributed by atoms with Gasteiger partial charge in [0.1, 0.15) is 0 Å². The van der Waals surface area contributed by atoms with Crippen molar-refractivity contribution in [1.82, 2.24) is 4.90 Å². The fourth-order valence-electron chi connectivity index (χ4n) is 3.57. The second-order valence-electron chi connectivity index (χ2n) is 6.87. The number of rotatable bonds is 3. The fourth-order valence-corrected chi connectivity index (χ4v) is 3.86. The summed E-state index contributed by atoms with van der Waals surface area (Å²) in [6, 6.07) is 0. The van der Waals surface area contributed by atoms with E-state index in [-0.39, 0.29) is 18.6 Å². The average molecular weight is 314 g/mol. The Labute approximate surface area is 131 Å². The van der Waals surface area contributed by atoms with Crippen LogP contribution in [0.15, 0.2) is 0 Å². The molecular weight excluding hydrogens is 288 g/mol. The van der Waals surface area contributed by atoms with E-state index in [1.165, 1.54) is 0 Å². The molecule has 1 aliphatic heterocycles. The number of ether oxygens (including phenoxy) is 1. The van der Waals surface area contributed by atoms with Crippen LogP contribution in [0.3, 0.4) is 0 Å². The molecule has 1 unspecified atom stereocenters. The molecule has 0 spiro atoms. The van der Waals surface area contributed by atoms with Crippen LogP contribution in [-0.4, -0.2) is 52.3 Å². The first kappa shape index (κ1) is 16.6. The van der Waals surface area contributed by atoms with E-state index in [1.807, 2.05) is 13.8 Å². The molecule has 3 N–H and O–H groups in total. The summed E-state index contributed by atoms with van der Waals surface area (Å²) in [5, 5.41) is 9.39. The maximum Gasteiger partial charge on any atom is 0.235 e. The summed E-state index contributed by atoms with van der Waals surface area (Å²) in [5.74, 6) is 0.0181. The number of morpholine rings is 1. The van der Waals surface area contributed by atoms with Gasteiger partial charge in [-0.3, -0.25) is 4.79 Å². The molecule has 0 aromatic carbocycles. The quantitative estimate of drug-likeness (QED) is 0.766. The van der Waals surface area contributed by atoms with Crippen molar-refractivity contribution in [1.29, 1.82) is 0 Å². The standard InChI is InChI=1S/C15H26N2O3S/c1-14(2)10-17(8-11(9-18)20-14)13(19)15(12(16)21)6-4-3-5-7-15/h11,18H,3-10H2,1-2H3,(H2,16,21). The van der Waals surface area contributed by atoms with Gasteiger partial charge in [-0.25, -0.2) is 0 Å². The zero-order valence-corrected chi connectivity index (χ0v) is 13.7. The predicted octanol–water partition coefficient (Wildman–Crippen LogP) is 1.22. The van der Waals surface area contributed by atoms with Gasteiger partial charge in [0, 0.05) is 13.1 Å². The lowest BCUT2D eigenvalue weighted by Crippen LogP contribution is -2.60. The lowest BCUT2D eigenvalue weighted by molar-refractivity contribution is -0.172. The molecule has 2 fully saturated rings. The maximum absolute atomic E-state index is 13.1. The van der Waals surface area contributed by atoms with Crippen LogP contribution in [0.4, 0.5) is 0 Å². The van der Waals surface area contributed by atoms with Crippen molar-refractivity contribution >= 4 is 23.1 Å². The number of nitrogens with two attached hydrogens (primary N) is 1. The van der Waals surface area contributed by atoms with Crippen LogP contribution in [-0.2, 0) is 9.53 Å². The van der Waals surface area contributed by atoms with Crippen LogP contribution in [0.25, 0.3) is 0 Å². The van der Waals surface area contributed by atoms with Crippen LogP contribution in [0.5, 0.6) is 0 Å². The molecule has 2 aliphatic rings. The van der Waals surface area contributed by atoms with Crippen LogP contribution < -0.4 is 5.73 Å². The number of nitrogens with zero attached hydrogens (tertiary/aromatic N) is 1.